The first-order valence-corrected chi connectivity index (χ1v) is 7.98. The van der Waals surface area contributed by atoms with Gasteiger partial charge in [-0.25, -0.2) is 4.99 Å². The second-order valence-electron chi connectivity index (χ2n) is 5.42. The fourth-order valence-corrected chi connectivity index (χ4v) is 3.18. The molecule has 0 radical (unpaired) electrons. The molecule has 1 aliphatic heterocycles. The minimum Gasteiger partial charge on any atom is -0.508 e. The van der Waals surface area contributed by atoms with E-state index in [0.29, 0.717) is 10.1 Å². The Kier molecular flexibility index (Phi) is 4.21. The molecule has 0 spiro atoms. The molecule has 1 fully saturated rings. The van der Waals surface area contributed by atoms with Crippen LogP contribution in [-0.4, -0.2) is 16.2 Å². The van der Waals surface area contributed by atoms with Gasteiger partial charge in [-0.3, -0.25) is 4.79 Å². The summed E-state index contributed by atoms with van der Waals surface area (Å²) in [6.45, 7) is 4.04. The zero-order valence-electron chi connectivity index (χ0n) is 12.8. The molecule has 4 nitrogen and oxygen atoms in total. The van der Waals surface area contributed by atoms with Gasteiger partial charge in [0.1, 0.15) is 5.75 Å². The molecule has 0 bridgehead atoms. The summed E-state index contributed by atoms with van der Waals surface area (Å²) >= 11 is 1.31. The summed E-state index contributed by atoms with van der Waals surface area (Å²) in [6, 6.07) is 12.7. The van der Waals surface area contributed by atoms with Crippen molar-refractivity contribution in [2.75, 3.05) is 0 Å². The molecular formula is C18H16N2O2S. The van der Waals surface area contributed by atoms with Crippen LogP contribution >= 0.6 is 11.8 Å². The molecule has 0 aromatic heterocycles. The van der Waals surface area contributed by atoms with Crippen molar-refractivity contribution in [2.45, 2.75) is 13.8 Å². The highest BCUT2D eigenvalue weighted by atomic mass is 32.2. The Hall–Kier alpha value is -2.53. The first-order valence-electron chi connectivity index (χ1n) is 7.16. The minimum atomic E-state index is -0.161. The van der Waals surface area contributed by atoms with Crippen molar-refractivity contribution in [1.82, 2.24) is 5.32 Å². The topological polar surface area (TPSA) is 61.7 Å². The maximum atomic E-state index is 12.0. The number of phenols is 1. The van der Waals surface area contributed by atoms with Crippen LogP contribution in [0.5, 0.6) is 5.75 Å². The SMILES string of the molecule is Cc1cc(C)cc(N=C2NC(=O)/C(=C/c3ccc(O)cc3)S2)c1. The second kappa shape index (κ2) is 6.30. The Morgan fingerprint density at radius 3 is 2.39 bits per heavy atom. The molecule has 2 N–H and O–H groups in total. The van der Waals surface area contributed by atoms with Crippen LogP contribution in [0.1, 0.15) is 16.7 Å². The molecule has 1 heterocycles. The van der Waals surface area contributed by atoms with E-state index in [4.69, 9.17) is 0 Å². The number of amidine groups is 1. The lowest BCUT2D eigenvalue weighted by atomic mass is 10.1. The normalized spacial score (nSPS) is 17.7. The van der Waals surface area contributed by atoms with Crippen molar-refractivity contribution >= 4 is 34.6 Å². The number of carbonyl (C=O) groups is 1. The van der Waals surface area contributed by atoms with Gasteiger partial charge in [0.25, 0.3) is 5.91 Å². The lowest BCUT2D eigenvalue weighted by Gasteiger charge is -2.00. The van der Waals surface area contributed by atoms with Crippen molar-refractivity contribution in [2.24, 2.45) is 4.99 Å². The number of nitrogens with one attached hydrogen (secondary N) is 1. The summed E-state index contributed by atoms with van der Waals surface area (Å²) in [7, 11) is 0. The molecule has 5 heteroatoms. The van der Waals surface area contributed by atoms with Gasteiger partial charge < -0.3 is 10.4 Å². The predicted octanol–water partition coefficient (Wildman–Crippen LogP) is 3.90. The predicted molar refractivity (Wildman–Crippen MR) is 94.8 cm³/mol. The summed E-state index contributed by atoms with van der Waals surface area (Å²) < 4.78 is 0. The van der Waals surface area contributed by atoms with Crippen molar-refractivity contribution in [3.8, 4) is 5.75 Å². The van der Waals surface area contributed by atoms with Crippen LogP contribution in [0.4, 0.5) is 5.69 Å². The number of aliphatic imine (C=N–C) groups is 1. The number of hydrogen-bond donors (Lipinski definition) is 2. The summed E-state index contributed by atoms with van der Waals surface area (Å²) in [5, 5.41) is 12.6. The highest BCUT2D eigenvalue weighted by Gasteiger charge is 2.23. The van der Waals surface area contributed by atoms with Crippen LogP contribution in [0.25, 0.3) is 6.08 Å². The minimum absolute atomic E-state index is 0.161. The van der Waals surface area contributed by atoms with Crippen LogP contribution in [0.2, 0.25) is 0 Å². The number of aryl methyl sites for hydroxylation is 2. The van der Waals surface area contributed by atoms with Gasteiger partial charge in [-0.2, -0.15) is 0 Å². The highest BCUT2D eigenvalue weighted by molar-refractivity contribution is 8.18. The smallest absolute Gasteiger partial charge is 0.264 e. The number of hydrogen-bond acceptors (Lipinski definition) is 4. The van der Waals surface area contributed by atoms with Gasteiger partial charge in [0.2, 0.25) is 0 Å². The fraction of sp³-hybridized carbons (Fsp3) is 0.111. The van der Waals surface area contributed by atoms with E-state index in [1.807, 2.05) is 26.0 Å². The molecule has 1 saturated heterocycles. The molecule has 23 heavy (non-hydrogen) atoms. The van der Waals surface area contributed by atoms with E-state index in [9.17, 15) is 9.90 Å². The molecule has 0 aliphatic carbocycles. The van der Waals surface area contributed by atoms with E-state index in [2.05, 4.69) is 16.4 Å². The largest absolute Gasteiger partial charge is 0.508 e. The van der Waals surface area contributed by atoms with Gasteiger partial charge in [-0.05, 0) is 72.6 Å². The van der Waals surface area contributed by atoms with Gasteiger partial charge in [-0.15, -0.1) is 0 Å². The number of nitrogens with zero attached hydrogens (tertiary/aromatic N) is 1. The molecule has 3 rings (SSSR count). The monoisotopic (exact) mass is 324 g/mol. The van der Waals surface area contributed by atoms with Gasteiger partial charge in [0.15, 0.2) is 5.17 Å². The van der Waals surface area contributed by atoms with E-state index in [0.717, 1.165) is 22.4 Å². The van der Waals surface area contributed by atoms with E-state index < -0.39 is 0 Å². The summed E-state index contributed by atoms with van der Waals surface area (Å²) in [5.74, 6) is 0.0407. The van der Waals surface area contributed by atoms with Gasteiger partial charge >= 0.3 is 0 Å². The lowest BCUT2D eigenvalue weighted by molar-refractivity contribution is -0.115. The van der Waals surface area contributed by atoms with E-state index in [1.165, 1.54) is 11.8 Å². The Morgan fingerprint density at radius 1 is 1.09 bits per heavy atom. The average molecular weight is 324 g/mol. The first-order chi connectivity index (χ1) is 11.0. The molecular weight excluding hydrogens is 308 g/mol. The maximum Gasteiger partial charge on any atom is 0.264 e. The van der Waals surface area contributed by atoms with Crippen LogP contribution in [0.15, 0.2) is 52.4 Å². The first kappa shape index (κ1) is 15.4. The van der Waals surface area contributed by atoms with Crippen LogP contribution < -0.4 is 5.32 Å². The van der Waals surface area contributed by atoms with Crippen LogP contribution in [-0.2, 0) is 4.79 Å². The van der Waals surface area contributed by atoms with Crippen molar-refractivity contribution in [1.29, 1.82) is 0 Å². The van der Waals surface area contributed by atoms with E-state index >= 15 is 0 Å². The van der Waals surface area contributed by atoms with E-state index in [-0.39, 0.29) is 11.7 Å². The van der Waals surface area contributed by atoms with Crippen LogP contribution in [0, 0.1) is 13.8 Å². The lowest BCUT2D eigenvalue weighted by Crippen LogP contribution is -2.19. The average Bonchev–Trinajstić information content (AvgIpc) is 2.80. The van der Waals surface area contributed by atoms with Crippen molar-refractivity contribution < 1.29 is 9.90 Å². The second-order valence-corrected chi connectivity index (χ2v) is 6.45. The summed E-state index contributed by atoms with van der Waals surface area (Å²) in [6.07, 6.45) is 1.78. The number of thioether (sulfide) groups is 1. The van der Waals surface area contributed by atoms with Gasteiger partial charge in [0, 0.05) is 0 Å². The Bertz CT molecular complexity index is 803. The van der Waals surface area contributed by atoms with Crippen LogP contribution in [0.3, 0.4) is 0 Å². The third-order valence-electron chi connectivity index (χ3n) is 3.28. The molecule has 0 saturated carbocycles. The van der Waals surface area contributed by atoms with E-state index in [1.54, 1.807) is 30.3 Å². The Morgan fingerprint density at radius 2 is 1.74 bits per heavy atom. The number of aromatic hydroxyl groups is 1. The molecule has 0 unspecified atom stereocenters. The molecule has 1 aliphatic rings. The molecule has 1 amide bonds. The summed E-state index contributed by atoms with van der Waals surface area (Å²) in [4.78, 5) is 17.1. The number of benzene rings is 2. The maximum absolute atomic E-state index is 12.0. The fourth-order valence-electron chi connectivity index (χ4n) is 2.33. The molecule has 0 atom stereocenters. The number of amides is 1. The molecule has 116 valence electrons. The Balaban J connectivity index is 1.84. The van der Waals surface area contributed by atoms with Crippen molar-refractivity contribution in [3.63, 3.8) is 0 Å². The molecule has 2 aromatic rings. The number of carbonyl (C=O) groups excluding carboxylic acids is 1. The third-order valence-corrected chi connectivity index (χ3v) is 4.19. The van der Waals surface area contributed by atoms with Gasteiger partial charge in [-0.1, -0.05) is 18.2 Å². The Labute approximate surface area is 139 Å². The zero-order chi connectivity index (χ0) is 16.4. The standard InChI is InChI=1S/C18H16N2O2S/c1-11-7-12(2)9-14(8-11)19-18-20-17(22)16(23-18)10-13-3-5-15(21)6-4-13/h3-10,21H,1-2H3,(H,19,20,22)/b16-10-. The third kappa shape index (κ3) is 3.81. The summed E-state index contributed by atoms with van der Waals surface area (Å²) in [5.41, 5.74) is 3.96. The highest BCUT2D eigenvalue weighted by Crippen LogP contribution is 2.28. The van der Waals surface area contributed by atoms with Gasteiger partial charge in [0.05, 0.1) is 10.6 Å². The quantitative estimate of drug-likeness (QED) is 0.824. The number of phenolic OH excluding ortho intramolecular Hbond substituents is 1. The van der Waals surface area contributed by atoms with Crippen molar-refractivity contribution in [3.05, 3.63) is 64.1 Å². The molecule has 2 aromatic carbocycles. The number of rotatable bonds is 2. The zero-order valence-corrected chi connectivity index (χ0v) is 13.6.